The molecule has 1 fully saturated rings. The first-order valence-electron chi connectivity index (χ1n) is 10.7. The predicted octanol–water partition coefficient (Wildman–Crippen LogP) is 3.93. The molecular weight excluding hydrogens is 388 g/mol. The van der Waals surface area contributed by atoms with Crippen LogP contribution in [0.4, 0.5) is 0 Å². The lowest BCUT2D eigenvalue weighted by Gasteiger charge is -2.27. The van der Waals surface area contributed by atoms with Gasteiger partial charge in [0.2, 0.25) is 0 Å². The molecule has 1 aliphatic rings. The van der Waals surface area contributed by atoms with E-state index in [1.165, 1.54) is 0 Å². The molecule has 1 aromatic carbocycles. The SMILES string of the molecule is NC1CCC(n2c(=O)[nH]c3cnc4ccc(-c5cnc6ccccc6c5)nc4c32)CC1. The predicted molar refractivity (Wildman–Crippen MR) is 122 cm³/mol. The van der Waals surface area contributed by atoms with Gasteiger partial charge < -0.3 is 10.7 Å². The molecule has 0 atom stereocenters. The molecule has 0 unspecified atom stereocenters. The Balaban J connectivity index is 1.55. The highest BCUT2D eigenvalue weighted by atomic mass is 16.1. The zero-order valence-electron chi connectivity index (χ0n) is 17.0. The lowest BCUT2D eigenvalue weighted by atomic mass is 9.91. The molecule has 154 valence electrons. The van der Waals surface area contributed by atoms with E-state index in [0.29, 0.717) is 5.52 Å². The molecule has 7 heteroatoms. The molecule has 7 nitrogen and oxygen atoms in total. The number of nitrogens with two attached hydrogens (primary N) is 1. The van der Waals surface area contributed by atoms with Crippen LogP contribution in [0.1, 0.15) is 31.7 Å². The summed E-state index contributed by atoms with van der Waals surface area (Å²) in [5.74, 6) is 0. The van der Waals surface area contributed by atoms with E-state index in [2.05, 4.69) is 21.0 Å². The van der Waals surface area contributed by atoms with Crippen molar-refractivity contribution in [3.8, 4) is 11.3 Å². The Morgan fingerprint density at radius 1 is 0.968 bits per heavy atom. The summed E-state index contributed by atoms with van der Waals surface area (Å²) in [6, 6.07) is 14.4. The van der Waals surface area contributed by atoms with Gasteiger partial charge in [-0.2, -0.15) is 0 Å². The number of rotatable bonds is 2. The minimum atomic E-state index is -0.107. The summed E-state index contributed by atoms with van der Waals surface area (Å²) < 4.78 is 1.88. The van der Waals surface area contributed by atoms with Crippen molar-refractivity contribution < 1.29 is 0 Å². The largest absolute Gasteiger partial charge is 0.328 e. The first-order valence-corrected chi connectivity index (χ1v) is 10.7. The van der Waals surface area contributed by atoms with E-state index in [1.807, 2.05) is 47.2 Å². The summed E-state index contributed by atoms with van der Waals surface area (Å²) >= 11 is 0. The van der Waals surface area contributed by atoms with Gasteiger partial charge in [-0.3, -0.25) is 14.5 Å². The summed E-state index contributed by atoms with van der Waals surface area (Å²) in [6.07, 6.45) is 7.21. The monoisotopic (exact) mass is 410 g/mol. The highest BCUT2D eigenvalue weighted by Crippen LogP contribution is 2.32. The number of para-hydroxylation sites is 1. The highest BCUT2D eigenvalue weighted by molar-refractivity contribution is 6.00. The Kier molecular flexibility index (Phi) is 4.11. The Hall–Kier alpha value is -3.58. The zero-order valence-corrected chi connectivity index (χ0v) is 17.0. The average molecular weight is 410 g/mol. The zero-order chi connectivity index (χ0) is 20.9. The molecule has 5 aromatic rings. The van der Waals surface area contributed by atoms with Gasteiger partial charge in [-0.25, -0.2) is 9.78 Å². The fraction of sp³-hybridized carbons (Fsp3) is 0.250. The van der Waals surface area contributed by atoms with Crippen LogP contribution < -0.4 is 11.4 Å². The highest BCUT2D eigenvalue weighted by Gasteiger charge is 2.24. The van der Waals surface area contributed by atoms with Crippen LogP contribution in [0.5, 0.6) is 0 Å². The summed E-state index contributed by atoms with van der Waals surface area (Å²) in [5, 5.41) is 1.07. The quantitative estimate of drug-likeness (QED) is 0.459. The number of nitrogens with one attached hydrogen (secondary N) is 1. The van der Waals surface area contributed by atoms with Gasteiger partial charge in [-0.05, 0) is 49.9 Å². The number of hydrogen-bond acceptors (Lipinski definition) is 5. The lowest BCUT2D eigenvalue weighted by Crippen LogP contribution is -2.31. The second kappa shape index (κ2) is 6.99. The number of aromatic amines is 1. The van der Waals surface area contributed by atoms with Crippen LogP contribution >= 0.6 is 0 Å². The molecular formula is C24H22N6O. The number of aromatic nitrogens is 5. The molecule has 1 aliphatic carbocycles. The van der Waals surface area contributed by atoms with Crippen molar-refractivity contribution in [2.45, 2.75) is 37.8 Å². The first-order chi connectivity index (χ1) is 15.2. The fourth-order valence-corrected chi connectivity index (χ4v) is 4.75. The summed E-state index contributed by atoms with van der Waals surface area (Å²) in [7, 11) is 0. The maximum atomic E-state index is 12.9. The van der Waals surface area contributed by atoms with Crippen molar-refractivity contribution >= 4 is 33.0 Å². The van der Waals surface area contributed by atoms with Crippen molar-refractivity contribution in [2.75, 3.05) is 0 Å². The van der Waals surface area contributed by atoms with Crippen LogP contribution in [0.15, 0.2) is 59.7 Å². The van der Waals surface area contributed by atoms with Gasteiger partial charge in [0.25, 0.3) is 0 Å². The molecule has 0 amide bonds. The minimum Gasteiger partial charge on any atom is -0.328 e. The van der Waals surface area contributed by atoms with Crippen molar-refractivity contribution in [1.29, 1.82) is 0 Å². The van der Waals surface area contributed by atoms with E-state index in [4.69, 9.17) is 10.7 Å². The number of fused-ring (bicyclic) bond motifs is 4. The number of H-pyrrole nitrogens is 1. The number of nitrogens with zero attached hydrogens (tertiary/aromatic N) is 4. The number of imidazole rings is 1. The Morgan fingerprint density at radius 3 is 2.65 bits per heavy atom. The van der Waals surface area contributed by atoms with Gasteiger partial charge in [-0.15, -0.1) is 0 Å². The van der Waals surface area contributed by atoms with Crippen LogP contribution in [-0.2, 0) is 0 Å². The van der Waals surface area contributed by atoms with Gasteiger partial charge in [-0.1, -0.05) is 18.2 Å². The number of hydrogen-bond donors (Lipinski definition) is 2. The molecule has 4 aromatic heterocycles. The number of benzene rings is 1. The van der Waals surface area contributed by atoms with Gasteiger partial charge in [0.05, 0.1) is 34.0 Å². The Labute approximate surface area is 178 Å². The smallest absolute Gasteiger partial charge is 0.326 e. The lowest BCUT2D eigenvalue weighted by molar-refractivity contribution is 0.324. The van der Waals surface area contributed by atoms with Crippen LogP contribution in [0.2, 0.25) is 0 Å². The molecule has 0 spiro atoms. The molecule has 31 heavy (non-hydrogen) atoms. The van der Waals surface area contributed by atoms with E-state index in [-0.39, 0.29) is 17.8 Å². The normalized spacial score (nSPS) is 19.4. The third-order valence-corrected chi connectivity index (χ3v) is 6.38. The van der Waals surface area contributed by atoms with E-state index in [9.17, 15) is 4.79 Å². The summed E-state index contributed by atoms with van der Waals surface area (Å²) in [4.78, 5) is 29.9. The van der Waals surface area contributed by atoms with E-state index >= 15 is 0 Å². The molecule has 0 saturated heterocycles. The second-order valence-corrected chi connectivity index (χ2v) is 8.37. The van der Waals surface area contributed by atoms with Crippen LogP contribution in [-0.4, -0.2) is 30.5 Å². The maximum absolute atomic E-state index is 12.9. The molecule has 1 saturated carbocycles. The van der Waals surface area contributed by atoms with Crippen molar-refractivity contribution in [3.05, 3.63) is 65.3 Å². The average Bonchev–Trinajstić information content (AvgIpc) is 3.15. The van der Waals surface area contributed by atoms with Crippen molar-refractivity contribution in [1.82, 2.24) is 24.5 Å². The summed E-state index contributed by atoms with van der Waals surface area (Å²) in [6.45, 7) is 0. The van der Waals surface area contributed by atoms with Crippen molar-refractivity contribution in [2.24, 2.45) is 5.73 Å². The molecule has 6 rings (SSSR count). The van der Waals surface area contributed by atoms with Crippen LogP contribution in [0.3, 0.4) is 0 Å². The van der Waals surface area contributed by atoms with Crippen LogP contribution in [0, 0.1) is 0 Å². The van der Waals surface area contributed by atoms with E-state index < -0.39 is 0 Å². The standard InChI is InChI=1S/C24H22N6O/c25-16-5-7-17(8-6-16)30-23-21(29-24(30)31)13-27-20-10-9-19(28-22(20)23)15-11-14-3-1-2-4-18(14)26-12-15/h1-4,9-13,16-17H,5-8,25H2,(H,29,31). The Morgan fingerprint density at radius 2 is 1.77 bits per heavy atom. The van der Waals surface area contributed by atoms with Crippen molar-refractivity contribution in [3.63, 3.8) is 0 Å². The number of pyridine rings is 3. The first kappa shape index (κ1) is 18.2. The molecule has 0 aliphatic heterocycles. The van der Waals surface area contributed by atoms with Crippen LogP contribution in [0.25, 0.3) is 44.2 Å². The van der Waals surface area contributed by atoms with Gasteiger partial charge in [0, 0.05) is 29.2 Å². The molecule has 4 heterocycles. The van der Waals surface area contributed by atoms with Gasteiger partial charge in [0.15, 0.2) is 0 Å². The second-order valence-electron chi connectivity index (χ2n) is 8.37. The minimum absolute atomic E-state index is 0.107. The van der Waals surface area contributed by atoms with E-state index in [0.717, 1.165) is 64.4 Å². The van der Waals surface area contributed by atoms with Gasteiger partial charge in [0.1, 0.15) is 5.52 Å². The third kappa shape index (κ3) is 3.00. The topological polar surface area (TPSA) is 102 Å². The third-order valence-electron chi connectivity index (χ3n) is 6.38. The summed E-state index contributed by atoms with van der Waals surface area (Å²) in [5.41, 5.74) is 11.7. The molecule has 0 radical (unpaired) electrons. The Bertz CT molecular complexity index is 1490. The molecule has 3 N–H and O–H groups in total. The maximum Gasteiger partial charge on any atom is 0.326 e. The van der Waals surface area contributed by atoms with E-state index in [1.54, 1.807) is 6.20 Å². The van der Waals surface area contributed by atoms with Gasteiger partial charge >= 0.3 is 5.69 Å². The fourth-order valence-electron chi connectivity index (χ4n) is 4.75. The molecule has 0 bridgehead atoms.